The number of carbonyl (C=O) groups excluding carboxylic acids is 2. The highest BCUT2D eigenvalue weighted by Gasteiger charge is 2.09. The third-order valence-corrected chi connectivity index (χ3v) is 4.03. The molecule has 0 aliphatic heterocycles. The smallest absolute Gasteiger partial charge is 0.251 e. The maximum Gasteiger partial charge on any atom is 0.251 e. The number of anilines is 2. The Balaban J connectivity index is 1.52. The van der Waals surface area contributed by atoms with E-state index in [0.29, 0.717) is 42.1 Å². The van der Waals surface area contributed by atoms with Gasteiger partial charge in [-0.2, -0.15) is 0 Å². The first kappa shape index (κ1) is 18.3. The van der Waals surface area contributed by atoms with Gasteiger partial charge in [0.25, 0.3) is 5.91 Å². The van der Waals surface area contributed by atoms with Crippen LogP contribution >= 0.6 is 0 Å². The Labute approximate surface area is 157 Å². The molecule has 0 fully saturated rings. The molecule has 0 spiro atoms. The molecule has 3 aromatic rings. The molecule has 0 aliphatic carbocycles. The molecule has 0 saturated carbocycles. The van der Waals surface area contributed by atoms with Gasteiger partial charge in [0.15, 0.2) is 0 Å². The van der Waals surface area contributed by atoms with Crippen LogP contribution in [0.5, 0.6) is 0 Å². The summed E-state index contributed by atoms with van der Waals surface area (Å²) in [6.45, 7) is 0.310. The lowest BCUT2D eigenvalue weighted by Crippen LogP contribution is -2.22. The lowest BCUT2D eigenvalue weighted by molar-refractivity contribution is -0.116. The second-order valence-electron chi connectivity index (χ2n) is 6.13. The van der Waals surface area contributed by atoms with Gasteiger partial charge in [-0.25, -0.2) is 0 Å². The fourth-order valence-corrected chi connectivity index (χ4v) is 2.59. The summed E-state index contributed by atoms with van der Waals surface area (Å²) in [6, 6.07) is 17.8. The first-order valence-electron chi connectivity index (χ1n) is 8.65. The van der Waals surface area contributed by atoms with Gasteiger partial charge in [0, 0.05) is 23.4 Å². The van der Waals surface area contributed by atoms with Crippen molar-refractivity contribution in [3.05, 3.63) is 83.8 Å². The Kier molecular flexibility index (Phi) is 5.89. The van der Waals surface area contributed by atoms with Crippen LogP contribution < -0.4 is 16.4 Å². The van der Waals surface area contributed by atoms with Crippen molar-refractivity contribution in [2.75, 3.05) is 11.1 Å². The Morgan fingerprint density at radius 1 is 1.00 bits per heavy atom. The van der Waals surface area contributed by atoms with Crippen LogP contribution in [0.2, 0.25) is 0 Å². The van der Waals surface area contributed by atoms with Crippen molar-refractivity contribution in [2.45, 2.75) is 19.4 Å². The minimum absolute atomic E-state index is 0.111. The maximum atomic E-state index is 12.2. The molecular formula is C21H21N3O3. The zero-order valence-electron chi connectivity index (χ0n) is 14.8. The molecule has 1 heterocycles. The second-order valence-corrected chi connectivity index (χ2v) is 6.13. The molecule has 138 valence electrons. The summed E-state index contributed by atoms with van der Waals surface area (Å²) >= 11 is 0. The third kappa shape index (κ3) is 5.47. The lowest BCUT2D eigenvalue weighted by atomic mass is 10.1. The molecule has 6 heteroatoms. The highest BCUT2D eigenvalue weighted by atomic mass is 16.3. The number of hydrogen-bond acceptors (Lipinski definition) is 4. The minimum atomic E-state index is -0.232. The van der Waals surface area contributed by atoms with Crippen molar-refractivity contribution in [1.82, 2.24) is 5.32 Å². The molecule has 3 rings (SSSR count). The van der Waals surface area contributed by atoms with Gasteiger partial charge in [0.1, 0.15) is 5.76 Å². The van der Waals surface area contributed by atoms with Gasteiger partial charge in [-0.15, -0.1) is 0 Å². The van der Waals surface area contributed by atoms with Crippen molar-refractivity contribution in [3.8, 4) is 0 Å². The number of furan rings is 1. The van der Waals surface area contributed by atoms with E-state index in [1.54, 1.807) is 42.7 Å². The van der Waals surface area contributed by atoms with Crippen molar-refractivity contribution in [3.63, 3.8) is 0 Å². The zero-order chi connectivity index (χ0) is 19.1. The molecule has 2 aromatic carbocycles. The van der Waals surface area contributed by atoms with Gasteiger partial charge in [-0.05, 0) is 54.4 Å². The quantitative estimate of drug-likeness (QED) is 0.561. The number of carbonyl (C=O) groups is 2. The van der Waals surface area contributed by atoms with Gasteiger partial charge >= 0.3 is 0 Å². The number of nitrogen functional groups attached to an aromatic ring is 1. The van der Waals surface area contributed by atoms with Crippen LogP contribution in [0.3, 0.4) is 0 Å². The number of amides is 2. The van der Waals surface area contributed by atoms with Crippen LogP contribution in [-0.2, 0) is 17.8 Å². The largest absolute Gasteiger partial charge is 0.467 e. The summed E-state index contributed by atoms with van der Waals surface area (Å²) < 4.78 is 5.19. The van der Waals surface area contributed by atoms with E-state index in [0.717, 1.165) is 5.56 Å². The topological polar surface area (TPSA) is 97.4 Å². The Morgan fingerprint density at radius 2 is 1.81 bits per heavy atom. The SMILES string of the molecule is Nc1ccc(CCC(=O)Nc2cccc(C(=O)NCc3ccco3)c2)cc1. The van der Waals surface area contributed by atoms with Gasteiger partial charge in [-0.1, -0.05) is 18.2 Å². The summed E-state index contributed by atoms with van der Waals surface area (Å²) in [5.41, 5.74) is 8.46. The lowest BCUT2D eigenvalue weighted by Gasteiger charge is -2.08. The molecule has 2 amide bonds. The first-order chi connectivity index (χ1) is 13.1. The van der Waals surface area contributed by atoms with Crippen molar-refractivity contribution in [2.24, 2.45) is 0 Å². The average Bonchev–Trinajstić information content (AvgIpc) is 3.19. The number of hydrogen-bond donors (Lipinski definition) is 3. The van der Waals surface area contributed by atoms with Crippen molar-refractivity contribution < 1.29 is 14.0 Å². The van der Waals surface area contributed by atoms with E-state index < -0.39 is 0 Å². The van der Waals surface area contributed by atoms with Gasteiger partial charge in [0.2, 0.25) is 5.91 Å². The molecule has 0 radical (unpaired) electrons. The summed E-state index contributed by atoms with van der Waals surface area (Å²) in [4.78, 5) is 24.4. The highest BCUT2D eigenvalue weighted by Crippen LogP contribution is 2.13. The van der Waals surface area contributed by atoms with E-state index in [2.05, 4.69) is 10.6 Å². The first-order valence-corrected chi connectivity index (χ1v) is 8.65. The van der Waals surface area contributed by atoms with Crippen LogP contribution in [0.1, 0.15) is 28.1 Å². The summed E-state index contributed by atoms with van der Waals surface area (Å²) in [7, 11) is 0. The monoisotopic (exact) mass is 363 g/mol. The van der Waals surface area contributed by atoms with E-state index in [-0.39, 0.29) is 11.8 Å². The maximum absolute atomic E-state index is 12.2. The molecule has 0 aliphatic rings. The van der Waals surface area contributed by atoms with Gasteiger partial charge < -0.3 is 20.8 Å². The Morgan fingerprint density at radius 3 is 2.56 bits per heavy atom. The number of nitrogens with two attached hydrogens (primary N) is 1. The second kappa shape index (κ2) is 8.71. The molecule has 27 heavy (non-hydrogen) atoms. The van der Waals surface area contributed by atoms with E-state index in [4.69, 9.17) is 10.2 Å². The fraction of sp³-hybridized carbons (Fsp3) is 0.143. The molecule has 0 saturated heterocycles. The van der Waals surface area contributed by atoms with E-state index >= 15 is 0 Å². The van der Waals surface area contributed by atoms with Crippen LogP contribution in [0.4, 0.5) is 11.4 Å². The Hall–Kier alpha value is -3.54. The van der Waals surface area contributed by atoms with Crippen LogP contribution in [0, 0.1) is 0 Å². The van der Waals surface area contributed by atoms with Crippen LogP contribution in [0.15, 0.2) is 71.3 Å². The highest BCUT2D eigenvalue weighted by molar-refractivity contribution is 5.97. The Bertz CT molecular complexity index is 903. The van der Waals surface area contributed by atoms with Crippen molar-refractivity contribution in [1.29, 1.82) is 0 Å². The summed E-state index contributed by atoms with van der Waals surface area (Å²) in [6.07, 6.45) is 2.52. The standard InChI is InChI=1S/C21H21N3O3/c22-17-9-6-15(7-10-17)8-11-20(25)24-18-4-1-3-16(13-18)21(26)23-14-19-5-2-12-27-19/h1-7,9-10,12-13H,8,11,14,22H2,(H,23,26)(H,24,25). The van der Waals surface area contributed by atoms with E-state index in [1.165, 1.54) is 0 Å². The summed E-state index contributed by atoms with van der Waals surface area (Å²) in [5.74, 6) is 0.333. The average molecular weight is 363 g/mol. The van der Waals surface area contributed by atoms with Crippen molar-refractivity contribution >= 4 is 23.2 Å². The molecule has 0 bridgehead atoms. The molecule has 1 aromatic heterocycles. The molecule has 4 N–H and O–H groups in total. The third-order valence-electron chi connectivity index (χ3n) is 4.03. The number of nitrogens with one attached hydrogen (secondary N) is 2. The molecule has 0 unspecified atom stereocenters. The normalized spacial score (nSPS) is 10.4. The van der Waals surface area contributed by atoms with Crippen LogP contribution in [0.25, 0.3) is 0 Å². The zero-order valence-corrected chi connectivity index (χ0v) is 14.8. The van der Waals surface area contributed by atoms with Gasteiger partial charge in [0.05, 0.1) is 12.8 Å². The molecular weight excluding hydrogens is 342 g/mol. The predicted octanol–water partition coefficient (Wildman–Crippen LogP) is 3.36. The minimum Gasteiger partial charge on any atom is -0.467 e. The van der Waals surface area contributed by atoms with E-state index in [1.807, 2.05) is 24.3 Å². The van der Waals surface area contributed by atoms with E-state index in [9.17, 15) is 9.59 Å². The molecule has 0 atom stereocenters. The number of aryl methyl sites for hydroxylation is 1. The number of rotatable bonds is 7. The fourth-order valence-electron chi connectivity index (χ4n) is 2.59. The molecule has 6 nitrogen and oxygen atoms in total. The summed E-state index contributed by atoms with van der Waals surface area (Å²) in [5, 5.41) is 5.60. The van der Waals surface area contributed by atoms with Crippen LogP contribution in [-0.4, -0.2) is 11.8 Å². The number of benzene rings is 2. The predicted molar refractivity (Wildman–Crippen MR) is 104 cm³/mol. The van der Waals surface area contributed by atoms with Gasteiger partial charge in [-0.3, -0.25) is 9.59 Å².